The van der Waals surface area contributed by atoms with Crippen molar-refractivity contribution >= 4 is 16.6 Å². The lowest BCUT2D eigenvalue weighted by Crippen LogP contribution is -2.05. The van der Waals surface area contributed by atoms with Gasteiger partial charge in [0.2, 0.25) is 0 Å². The van der Waals surface area contributed by atoms with Crippen LogP contribution in [0, 0.1) is 11.3 Å². The van der Waals surface area contributed by atoms with Crippen LogP contribution in [0.2, 0.25) is 0 Å². The number of nitriles is 1. The first-order chi connectivity index (χ1) is 8.47. The number of nitrogens with one attached hydrogen (secondary N) is 1. The summed E-state index contributed by atoms with van der Waals surface area (Å²) in [6.07, 6.45) is -3.08. The van der Waals surface area contributed by atoms with Crippen molar-refractivity contribution in [2.75, 3.05) is 12.4 Å². The third kappa shape index (κ3) is 1.95. The molecule has 92 valence electrons. The van der Waals surface area contributed by atoms with Crippen LogP contribution in [-0.2, 0) is 6.18 Å². The molecule has 0 aliphatic rings. The van der Waals surface area contributed by atoms with Crippen molar-refractivity contribution in [2.45, 2.75) is 6.18 Å². The third-order valence-electron chi connectivity index (χ3n) is 2.57. The van der Waals surface area contributed by atoms with Crippen molar-refractivity contribution in [1.82, 2.24) is 4.98 Å². The first kappa shape index (κ1) is 12.2. The van der Waals surface area contributed by atoms with E-state index in [1.807, 2.05) is 6.07 Å². The van der Waals surface area contributed by atoms with E-state index in [4.69, 9.17) is 5.26 Å². The molecule has 1 aromatic carbocycles. The van der Waals surface area contributed by atoms with Gasteiger partial charge >= 0.3 is 6.18 Å². The van der Waals surface area contributed by atoms with Gasteiger partial charge in [0.1, 0.15) is 6.07 Å². The zero-order chi connectivity index (χ0) is 13.3. The van der Waals surface area contributed by atoms with Crippen LogP contribution >= 0.6 is 0 Å². The highest BCUT2D eigenvalue weighted by Crippen LogP contribution is 2.33. The Bertz CT molecular complexity index is 641. The third-order valence-corrected chi connectivity index (χ3v) is 2.57. The van der Waals surface area contributed by atoms with E-state index in [2.05, 4.69) is 10.3 Å². The second-order valence-electron chi connectivity index (χ2n) is 3.64. The van der Waals surface area contributed by atoms with Crippen molar-refractivity contribution in [3.8, 4) is 6.07 Å². The minimum Gasteiger partial charge on any atom is -0.386 e. The van der Waals surface area contributed by atoms with Crippen LogP contribution in [0.3, 0.4) is 0 Å². The second kappa shape index (κ2) is 4.18. The fraction of sp³-hybridized carbons (Fsp3) is 0.167. The Morgan fingerprint density at radius 3 is 2.61 bits per heavy atom. The van der Waals surface area contributed by atoms with Gasteiger partial charge in [0.25, 0.3) is 0 Å². The minimum atomic E-state index is -4.41. The molecule has 3 nitrogen and oxygen atoms in total. The molecule has 0 saturated carbocycles. The first-order valence-corrected chi connectivity index (χ1v) is 5.05. The van der Waals surface area contributed by atoms with Gasteiger partial charge in [-0.25, -0.2) is 0 Å². The van der Waals surface area contributed by atoms with Gasteiger partial charge in [0, 0.05) is 18.6 Å². The van der Waals surface area contributed by atoms with Crippen LogP contribution in [0.5, 0.6) is 0 Å². The molecule has 0 unspecified atom stereocenters. The molecule has 0 atom stereocenters. The summed E-state index contributed by atoms with van der Waals surface area (Å²) in [7, 11) is 1.55. The molecule has 0 amide bonds. The summed E-state index contributed by atoms with van der Waals surface area (Å²) in [6.45, 7) is 0. The zero-order valence-corrected chi connectivity index (χ0v) is 9.34. The normalized spacial score (nSPS) is 11.3. The van der Waals surface area contributed by atoms with Crippen LogP contribution in [0.1, 0.15) is 11.1 Å². The second-order valence-corrected chi connectivity index (χ2v) is 3.64. The Morgan fingerprint density at radius 2 is 2.06 bits per heavy atom. The molecule has 0 aliphatic heterocycles. The van der Waals surface area contributed by atoms with Gasteiger partial charge in [-0.15, -0.1) is 0 Å². The molecule has 0 saturated heterocycles. The average Bonchev–Trinajstić information content (AvgIpc) is 2.35. The van der Waals surface area contributed by atoms with E-state index in [9.17, 15) is 13.2 Å². The summed E-state index contributed by atoms with van der Waals surface area (Å²) in [4.78, 5) is 3.95. The maximum Gasteiger partial charge on any atom is 0.416 e. The Balaban J connectivity index is 2.78. The number of rotatable bonds is 1. The molecule has 1 aromatic heterocycles. The lowest BCUT2D eigenvalue weighted by Gasteiger charge is -2.11. The number of benzene rings is 1. The molecule has 1 heterocycles. The van der Waals surface area contributed by atoms with Crippen molar-refractivity contribution in [2.24, 2.45) is 0 Å². The van der Waals surface area contributed by atoms with Crippen LogP contribution in [-0.4, -0.2) is 12.0 Å². The Kier molecular flexibility index (Phi) is 2.83. The van der Waals surface area contributed by atoms with Crippen molar-refractivity contribution in [1.29, 1.82) is 5.26 Å². The Morgan fingerprint density at radius 1 is 1.33 bits per heavy atom. The van der Waals surface area contributed by atoms with Gasteiger partial charge in [-0.3, -0.25) is 4.98 Å². The van der Waals surface area contributed by atoms with E-state index >= 15 is 0 Å². The monoisotopic (exact) mass is 251 g/mol. The fourth-order valence-corrected chi connectivity index (χ4v) is 1.72. The van der Waals surface area contributed by atoms with Gasteiger partial charge in [-0.2, -0.15) is 18.4 Å². The molecule has 2 rings (SSSR count). The number of hydrogen-bond donors (Lipinski definition) is 1. The summed E-state index contributed by atoms with van der Waals surface area (Å²) in [5, 5.41) is 11.9. The molecule has 0 bridgehead atoms. The van der Waals surface area contributed by atoms with E-state index in [1.54, 1.807) is 7.05 Å². The molecule has 18 heavy (non-hydrogen) atoms. The lowest BCUT2D eigenvalue weighted by molar-refractivity contribution is -0.137. The number of aromatic nitrogens is 1. The van der Waals surface area contributed by atoms with Gasteiger partial charge in [-0.05, 0) is 18.2 Å². The van der Waals surface area contributed by atoms with E-state index in [-0.39, 0.29) is 10.9 Å². The minimum absolute atomic E-state index is 0.212. The Labute approximate surface area is 101 Å². The molecule has 1 N–H and O–H groups in total. The summed E-state index contributed by atoms with van der Waals surface area (Å²) in [5.41, 5.74) is 0.215. The van der Waals surface area contributed by atoms with Gasteiger partial charge in [-0.1, -0.05) is 0 Å². The van der Waals surface area contributed by atoms with Crippen LogP contribution in [0.15, 0.2) is 24.4 Å². The molecule has 0 aliphatic carbocycles. The highest BCUT2D eigenvalue weighted by atomic mass is 19.4. The highest BCUT2D eigenvalue weighted by Gasteiger charge is 2.30. The summed E-state index contributed by atoms with van der Waals surface area (Å²) in [5.74, 6) is 0. The van der Waals surface area contributed by atoms with E-state index in [0.29, 0.717) is 11.2 Å². The van der Waals surface area contributed by atoms with Gasteiger partial charge in [0.05, 0.1) is 22.3 Å². The van der Waals surface area contributed by atoms with Crippen molar-refractivity contribution < 1.29 is 13.2 Å². The number of anilines is 1. The molecule has 0 spiro atoms. The lowest BCUT2D eigenvalue weighted by atomic mass is 10.1. The number of nitrogens with zero attached hydrogens (tertiary/aromatic N) is 2. The largest absolute Gasteiger partial charge is 0.416 e. The number of pyridine rings is 1. The number of halogens is 3. The summed E-state index contributed by atoms with van der Waals surface area (Å²) < 4.78 is 37.9. The van der Waals surface area contributed by atoms with E-state index < -0.39 is 11.7 Å². The van der Waals surface area contributed by atoms with Crippen LogP contribution in [0.25, 0.3) is 10.9 Å². The SMILES string of the molecule is CNc1c(C#N)cnc2ccc(C(F)(F)F)cc12. The average molecular weight is 251 g/mol. The molecule has 6 heteroatoms. The van der Waals surface area contributed by atoms with E-state index in [1.165, 1.54) is 12.3 Å². The predicted octanol–water partition coefficient (Wildman–Crippen LogP) is 3.17. The molecule has 0 radical (unpaired) electrons. The van der Waals surface area contributed by atoms with Crippen molar-refractivity contribution in [3.63, 3.8) is 0 Å². The highest BCUT2D eigenvalue weighted by molar-refractivity contribution is 5.94. The summed E-state index contributed by atoms with van der Waals surface area (Å²) in [6, 6.07) is 5.15. The van der Waals surface area contributed by atoms with E-state index in [0.717, 1.165) is 12.1 Å². The van der Waals surface area contributed by atoms with Crippen molar-refractivity contribution in [3.05, 3.63) is 35.5 Å². The number of hydrogen-bond acceptors (Lipinski definition) is 3. The Hall–Kier alpha value is -2.29. The van der Waals surface area contributed by atoms with Gasteiger partial charge < -0.3 is 5.32 Å². The molecule has 0 fully saturated rings. The first-order valence-electron chi connectivity index (χ1n) is 5.05. The zero-order valence-electron chi connectivity index (χ0n) is 9.34. The standard InChI is InChI=1S/C12H8F3N3/c1-17-11-7(5-16)6-18-10-3-2-8(4-9(10)11)12(13,14)15/h2-4,6H,1H3,(H,17,18). The predicted molar refractivity (Wildman–Crippen MR) is 61.0 cm³/mol. The quantitative estimate of drug-likeness (QED) is 0.846. The van der Waals surface area contributed by atoms with Gasteiger partial charge in [0.15, 0.2) is 0 Å². The summed E-state index contributed by atoms with van der Waals surface area (Å²) >= 11 is 0. The smallest absolute Gasteiger partial charge is 0.386 e. The number of alkyl halides is 3. The molecular weight excluding hydrogens is 243 g/mol. The topological polar surface area (TPSA) is 48.7 Å². The molecule has 2 aromatic rings. The van der Waals surface area contributed by atoms with Crippen LogP contribution in [0.4, 0.5) is 18.9 Å². The molecular formula is C12H8F3N3. The maximum atomic E-state index is 12.6. The number of fused-ring (bicyclic) bond motifs is 1. The fourth-order valence-electron chi connectivity index (χ4n) is 1.72. The maximum absolute atomic E-state index is 12.6. The van der Waals surface area contributed by atoms with Crippen LogP contribution < -0.4 is 5.32 Å².